The molecule has 130 valence electrons. The minimum absolute atomic E-state index is 0.00469. The van der Waals surface area contributed by atoms with Crippen LogP contribution in [0.2, 0.25) is 0 Å². The molecular formula is C19H11F3N2O2. The van der Waals surface area contributed by atoms with E-state index in [2.05, 4.69) is 10.2 Å². The molecule has 1 aliphatic carbocycles. The molecule has 7 heteroatoms. The number of hydrogen-bond donors (Lipinski definition) is 0. The van der Waals surface area contributed by atoms with Crippen molar-refractivity contribution in [2.75, 3.05) is 0 Å². The molecule has 0 unspecified atom stereocenters. The fraction of sp³-hybridized carbons (Fsp3) is 0.105. The first-order chi connectivity index (χ1) is 12.4. The zero-order valence-electron chi connectivity index (χ0n) is 13.2. The molecule has 0 amide bonds. The summed E-state index contributed by atoms with van der Waals surface area (Å²) in [7, 11) is 0. The van der Waals surface area contributed by atoms with Gasteiger partial charge in [0.25, 0.3) is 0 Å². The number of aromatic nitrogens is 2. The van der Waals surface area contributed by atoms with Crippen LogP contribution in [0.4, 0.5) is 13.2 Å². The molecule has 4 nitrogen and oxygen atoms in total. The Morgan fingerprint density at radius 3 is 2.27 bits per heavy atom. The number of rotatable bonds is 3. The maximum atomic E-state index is 12.6. The predicted octanol–water partition coefficient (Wildman–Crippen LogP) is 4.29. The van der Waals surface area contributed by atoms with Crippen molar-refractivity contribution in [1.29, 1.82) is 0 Å². The quantitative estimate of drug-likeness (QED) is 0.550. The summed E-state index contributed by atoms with van der Waals surface area (Å²) in [4.78, 5) is 12.4. The number of alkyl halides is 3. The van der Waals surface area contributed by atoms with Gasteiger partial charge < -0.3 is 4.74 Å². The van der Waals surface area contributed by atoms with E-state index in [0.29, 0.717) is 22.5 Å². The summed E-state index contributed by atoms with van der Waals surface area (Å²) in [6.07, 6.45) is -4.39. The van der Waals surface area contributed by atoms with E-state index in [0.717, 1.165) is 17.7 Å². The molecule has 0 bridgehead atoms. The van der Waals surface area contributed by atoms with Crippen molar-refractivity contribution < 1.29 is 22.7 Å². The third-order valence-electron chi connectivity index (χ3n) is 4.08. The average Bonchev–Trinajstić information content (AvgIpc) is 2.92. The first kappa shape index (κ1) is 16.3. The van der Waals surface area contributed by atoms with Crippen LogP contribution in [0.15, 0.2) is 54.6 Å². The number of ketones is 1. The second kappa shape index (κ2) is 5.94. The molecule has 1 aliphatic rings. The number of hydrogen-bond acceptors (Lipinski definition) is 4. The van der Waals surface area contributed by atoms with E-state index in [1.165, 1.54) is 12.1 Å². The van der Waals surface area contributed by atoms with Gasteiger partial charge in [-0.05, 0) is 30.3 Å². The average molecular weight is 356 g/mol. The highest BCUT2D eigenvalue weighted by Crippen LogP contribution is 2.34. The molecule has 0 N–H and O–H groups in total. The second-order valence-electron chi connectivity index (χ2n) is 5.78. The molecule has 0 spiro atoms. The van der Waals surface area contributed by atoms with Gasteiger partial charge in [-0.15, -0.1) is 5.10 Å². The Kier molecular flexibility index (Phi) is 3.72. The van der Waals surface area contributed by atoms with Crippen molar-refractivity contribution in [3.05, 3.63) is 77.0 Å². The Morgan fingerprint density at radius 1 is 0.885 bits per heavy atom. The van der Waals surface area contributed by atoms with E-state index in [9.17, 15) is 18.0 Å². The largest absolute Gasteiger partial charge is 0.487 e. The molecule has 4 rings (SSSR count). The monoisotopic (exact) mass is 356 g/mol. The molecular weight excluding hydrogens is 345 g/mol. The summed E-state index contributed by atoms with van der Waals surface area (Å²) in [5.74, 6) is 0.149. The van der Waals surface area contributed by atoms with E-state index < -0.39 is 11.7 Å². The van der Waals surface area contributed by atoms with Crippen molar-refractivity contribution in [1.82, 2.24) is 10.2 Å². The smallest absolute Gasteiger partial charge is 0.416 e. The summed E-state index contributed by atoms with van der Waals surface area (Å²) in [6, 6.07) is 13.1. The van der Waals surface area contributed by atoms with Gasteiger partial charge >= 0.3 is 6.18 Å². The van der Waals surface area contributed by atoms with E-state index in [-0.39, 0.29) is 18.1 Å². The Bertz CT molecular complexity index is 998. The Morgan fingerprint density at radius 2 is 1.58 bits per heavy atom. The number of benzene rings is 2. The van der Waals surface area contributed by atoms with Gasteiger partial charge in [-0.3, -0.25) is 4.79 Å². The van der Waals surface area contributed by atoms with Crippen molar-refractivity contribution in [2.24, 2.45) is 0 Å². The minimum atomic E-state index is -4.39. The van der Waals surface area contributed by atoms with E-state index in [1.54, 1.807) is 18.2 Å². The van der Waals surface area contributed by atoms with Crippen LogP contribution in [0.3, 0.4) is 0 Å². The van der Waals surface area contributed by atoms with Crippen LogP contribution in [-0.4, -0.2) is 16.0 Å². The van der Waals surface area contributed by atoms with Crippen LogP contribution in [-0.2, 0) is 12.8 Å². The molecule has 0 saturated carbocycles. The number of ether oxygens (including phenoxy) is 1. The van der Waals surface area contributed by atoms with Gasteiger partial charge in [0.1, 0.15) is 23.7 Å². The van der Waals surface area contributed by atoms with Crippen molar-refractivity contribution in [3.63, 3.8) is 0 Å². The van der Waals surface area contributed by atoms with E-state index in [4.69, 9.17) is 4.74 Å². The lowest BCUT2D eigenvalue weighted by Gasteiger charge is -2.09. The summed E-state index contributed by atoms with van der Waals surface area (Å²) < 4.78 is 43.1. The topological polar surface area (TPSA) is 52.1 Å². The van der Waals surface area contributed by atoms with Crippen LogP contribution in [0.1, 0.15) is 27.2 Å². The molecule has 0 aliphatic heterocycles. The van der Waals surface area contributed by atoms with Gasteiger partial charge in [0.05, 0.1) is 11.1 Å². The molecule has 0 saturated heterocycles. The van der Waals surface area contributed by atoms with Crippen LogP contribution in [0, 0.1) is 0 Å². The van der Waals surface area contributed by atoms with Crippen LogP contribution in [0.25, 0.3) is 11.3 Å². The fourth-order valence-electron chi connectivity index (χ4n) is 2.80. The SMILES string of the molecule is O=C1c2ccccc2-c2nnc(COc3ccc(C(F)(F)F)cc3)cc21. The molecule has 0 atom stereocenters. The zero-order chi connectivity index (χ0) is 18.3. The third kappa shape index (κ3) is 2.81. The Hall–Kier alpha value is -3.22. The van der Waals surface area contributed by atoms with Crippen LogP contribution >= 0.6 is 0 Å². The number of carbonyl (C=O) groups excluding carboxylic acids is 1. The highest BCUT2D eigenvalue weighted by atomic mass is 19.4. The van der Waals surface area contributed by atoms with E-state index >= 15 is 0 Å². The molecule has 1 heterocycles. The van der Waals surface area contributed by atoms with Crippen molar-refractivity contribution in [2.45, 2.75) is 12.8 Å². The summed E-state index contributed by atoms with van der Waals surface area (Å²) in [5, 5.41) is 8.16. The number of nitrogens with zero attached hydrogens (tertiary/aromatic N) is 2. The van der Waals surface area contributed by atoms with Crippen molar-refractivity contribution >= 4 is 5.78 Å². The molecule has 0 radical (unpaired) electrons. The summed E-state index contributed by atoms with van der Waals surface area (Å²) in [6.45, 7) is -0.00469. The van der Waals surface area contributed by atoms with Crippen molar-refractivity contribution in [3.8, 4) is 17.0 Å². The van der Waals surface area contributed by atoms with Crippen LogP contribution < -0.4 is 4.74 Å². The highest BCUT2D eigenvalue weighted by molar-refractivity contribution is 6.20. The van der Waals surface area contributed by atoms with Gasteiger partial charge in [-0.1, -0.05) is 24.3 Å². The maximum absolute atomic E-state index is 12.6. The second-order valence-corrected chi connectivity index (χ2v) is 5.78. The van der Waals surface area contributed by atoms with Crippen LogP contribution in [0.5, 0.6) is 5.75 Å². The molecule has 26 heavy (non-hydrogen) atoms. The lowest BCUT2D eigenvalue weighted by atomic mass is 10.1. The first-order valence-corrected chi connectivity index (χ1v) is 7.74. The Balaban J connectivity index is 1.52. The van der Waals surface area contributed by atoms with Gasteiger partial charge in [-0.25, -0.2) is 0 Å². The number of fused-ring (bicyclic) bond motifs is 3. The highest BCUT2D eigenvalue weighted by Gasteiger charge is 2.30. The maximum Gasteiger partial charge on any atom is 0.416 e. The normalized spacial score (nSPS) is 12.7. The summed E-state index contributed by atoms with van der Waals surface area (Å²) >= 11 is 0. The number of halogens is 3. The standard InChI is InChI=1S/C19H11F3N2O2/c20-19(21,22)11-5-7-13(8-6-11)26-10-12-9-16-17(24-23-12)14-3-1-2-4-15(14)18(16)25/h1-9H,10H2. The van der Waals surface area contributed by atoms with Gasteiger partial charge in [0.2, 0.25) is 0 Å². The van der Waals surface area contributed by atoms with E-state index in [1.807, 2.05) is 12.1 Å². The lowest BCUT2D eigenvalue weighted by molar-refractivity contribution is -0.137. The predicted molar refractivity (Wildman–Crippen MR) is 86.7 cm³/mol. The molecule has 0 fully saturated rings. The number of carbonyl (C=O) groups is 1. The molecule has 2 aromatic carbocycles. The Labute approximate surface area is 146 Å². The molecule has 1 aromatic heterocycles. The van der Waals surface area contributed by atoms with Gasteiger partial charge in [-0.2, -0.15) is 18.3 Å². The fourth-order valence-corrected chi connectivity index (χ4v) is 2.80. The lowest BCUT2D eigenvalue weighted by Crippen LogP contribution is -2.05. The van der Waals surface area contributed by atoms with Gasteiger partial charge in [0, 0.05) is 11.1 Å². The first-order valence-electron chi connectivity index (χ1n) is 7.74. The minimum Gasteiger partial charge on any atom is -0.487 e. The molecule has 3 aromatic rings. The van der Waals surface area contributed by atoms with Gasteiger partial charge in [0.15, 0.2) is 5.78 Å². The summed E-state index contributed by atoms with van der Waals surface area (Å²) in [5.41, 5.74) is 1.99. The third-order valence-corrected chi connectivity index (χ3v) is 4.08. The zero-order valence-corrected chi connectivity index (χ0v) is 13.2.